The highest BCUT2D eigenvalue weighted by atomic mass is 35.7. The van der Waals surface area contributed by atoms with Crippen LogP contribution in [0.2, 0.25) is 0 Å². The monoisotopic (exact) mass is 153 g/mol. The maximum atomic E-state index is 10.5. The Hall–Kier alpha value is 0.480. The quantitative estimate of drug-likeness (QED) is 0.535. The number of rotatable bonds is 1. The zero-order valence-corrected chi connectivity index (χ0v) is 6.32. The summed E-state index contributed by atoms with van der Waals surface area (Å²) in [5, 5.41) is 0. The highest BCUT2D eigenvalue weighted by Gasteiger charge is 2.14. The standard InChI is InChI=1S/C4H9ClNOP/c5-8(7)6-3-1-2-4-6/h8H,1-4H2. The van der Waals surface area contributed by atoms with Crippen LogP contribution in [0.3, 0.4) is 0 Å². The first-order valence-electron chi connectivity index (χ1n) is 2.75. The summed E-state index contributed by atoms with van der Waals surface area (Å²) in [7, 11) is -1.86. The molecule has 1 fully saturated rings. The average Bonchev–Trinajstić information content (AvgIpc) is 2.12. The molecule has 1 atom stereocenters. The van der Waals surface area contributed by atoms with Crippen molar-refractivity contribution in [1.29, 1.82) is 0 Å². The van der Waals surface area contributed by atoms with Crippen LogP contribution in [-0.2, 0) is 4.57 Å². The molecule has 0 saturated carbocycles. The van der Waals surface area contributed by atoms with Crippen LogP contribution in [-0.4, -0.2) is 17.8 Å². The van der Waals surface area contributed by atoms with Gasteiger partial charge in [-0.1, -0.05) is 0 Å². The molecule has 1 saturated heterocycles. The van der Waals surface area contributed by atoms with Crippen LogP contribution in [0.15, 0.2) is 0 Å². The summed E-state index contributed by atoms with van der Waals surface area (Å²) < 4.78 is 12.4. The van der Waals surface area contributed by atoms with E-state index in [1.54, 1.807) is 0 Å². The van der Waals surface area contributed by atoms with Gasteiger partial charge in [0.2, 0.25) is 7.30 Å². The first kappa shape index (κ1) is 6.60. The van der Waals surface area contributed by atoms with Gasteiger partial charge >= 0.3 is 0 Å². The molecule has 0 radical (unpaired) electrons. The third kappa shape index (κ3) is 1.48. The smallest absolute Gasteiger partial charge is 0.223 e. The molecule has 1 heterocycles. The van der Waals surface area contributed by atoms with Gasteiger partial charge in [-0.25, -0.2) is 4.67 Å². The topological polar surface area (TPSA) is 20.3 Å². The first-order chi connectivity index (χ1) is 3.80. The molecule has 0 aromatic carbocycles. The molecule has 2 nitrogen and oxygen atoms in total. The van der Waals surface area contributed by atoms with Crippen LogP contribution in [0.25, 0.3) is 0 Å². The van der Waals surface area contributed by atoms with E-state index in [-0.39, 0.29) is 0 Å². The van der Waals surface area contributed by atoms with Gasteiger partial charge < -0.3 is 0 Å². The minimum Gasteiger partial charge on any atom is -0.292 e. The molecule has 0 spiro atoms. The van der Waals surface area contributed by atoms with E-state index in [0.717, 1.165) is 25.9 Å². The molecule has 4 heteroatoms. The van der Waals surface area contributed by atoms with E-state index in [9.17, 15) is 4.57 Å². The van der Waals surface area contributed by atoms with Crippen molar-refractivity contribution in [3.8, 4) is 0 Å². The predicted octanol–water partition coefficient (Wildman–Crippen LogP) is 1.71. The molecule has 0 aliphatic carbocycles. The Kier molecular flexibility index (Phi) is 2.36. The normalized spacial score (nSPS) is 26.1. The van der Waals surface area contributed by atoms with E-state index in [1.165, 1.54) is 0 Å². The second-order valence-corrected chi connectivity index (χ2v) is 4.06. The van der Waals surface area contributed by atoms with Gasteiger partial charge in [-0.15, -0.1) is 0 Å². The Bertz CT molecular complexity index is 102. The third-order valence-electron chi connectivity index (χ3n) is 1.35. The van der Waals surface area contributed by atoms with Crippen molar-refractivity contribution in [1.82, 2.24) is 4.67 Å². The largest absolute Gasteiger partial charge is 0.292 e. The first-order valence-corrected chi connectivity index (χ1v) is 5.12. The number of hydrogen-bond donors (Lipinski definition) is 0. The Morgan fingerprint density at radius 1 is 1.38 bits per heavy atom. The minimum atomic E-state index is -1.86. The van der Waals surface area contributed by atoms with Crippen molar-refractivity contribution in [2.75, 3.05) is 13.1 Å². The lowest BCUT2D eigenvalue weighted by Gasteiger charge is -2.06. The molecule has 1 aliphatic rings. The van der Waals surface area contributed by atoms with Gasteiger partial charge in [0.05, 0.1) is 0 Å². The SMILES string of the molecule is O=[PH](Cl)N1CCCC1. The second kappa shape index (κ2) is 2.86. The molecular formula is C4H9ClNOP. The van der Waals surface area contributed by atoms with E-state index < -0.39 is 7.30 Å². The lowest BCUT2D eigenvalue weighted by molar-refractivity contribution is 0.506. The van der Waals surface area contributed by atoms with E-state index in [2.05, 4.69) is 0 Å². The number of halogens is 1. The van der Waals surface area contributed by atoms with Gasteiger partial charge in [-0.05, 0) is 24.1 Å². The minimum absolute atomic E-state index is 0.932. The molecule has 0 amide bonds. The Morgan fingerprint density at radius 3 is 2.12 bits per heavy atom. The molecule has 48 valence electrons. The molecule has 0 bridgehead atoms. The van der Waals surface area contributed by atoms with Crippen molar-refractivity contribution < 1.29 is 4.57 Å². The third-order valence-corrected chi connectivity index (χ3v) is 3.02. The van der Waals surface area contributed by atoms with Gasteiger partial charge in [0.1, 0.15) is 0 Å². The molecule has 8 heavy (non-hydrogen) atoms. The summed E-state index contributed by atoms with van der Waals surface area (Å²) in [6.07, 6.45) is 2.31. The van der Waals surface area contributed by atoms with Crippen LogP contribution < -0.4 is 0 Å². The maximum absolute atomic E-state index is 10.5. The lowest BCUT2D eigenvalue weighted by Crippen LogP contribution is -2.05. The van der Waals surface area contributed by atoms with Crippen molar-refractivity contribution in [2.24, 2.45) is 0 Å². The van der Waals surface area contributed by atoms with E-state index in [0.29, 0.717) is 0 Å². The van der Waals surface area contributed by atoms with Crippen LogP contribution >= 0.6 is 18.5 Å². The van der Waals surface area contributed by atoms with Crippen LogP contribution in [0.1, 0.15) is 12.8 Å². The van der Waals surface area contributed by atoms with Crippen molar-refractivity contribution in [2.45, 2.75) is 12.8 Å². The number of nitrogens with zero attached hydrogens (tertiary/aromatic N) is 1. The highest BCUT2D eigenvalue weighted by Crippen LogP contribution is 2.34. The molecule has 1 unspecified atom stereocenters. The van der Waals surface area contributed by atoms with Crippen LogP contribution in [0.4, 0.5) is 0 Å². The molecule has 0 N–H and O–H groups in total. The molecule has 1 rings (SSSR count). The Balaban J connectivity index is 2.35. The van der Waals surface area contributed by atoms with Crippen molar-refractivity contribution >= 4 is 18.5 Å². The second-order valence-electron chi connectivity index (χ2n) is 1.95. The number of hydrogen-bond acceptors (Lipinski definition) is 1. The fourth-order valence-corrected chi connectivity index (χ4v) is 2.07. The van der Waals surface area contributed by atoms with Gasteiger partial charge in [0, 0.05) is 13.1 Å². The van der Waals surface area contributed by atoms with E-state index in [4.69, 9.17) is 11.2 Å². The predicted molar refractivity (Wildman–Crippen MR) is 35.7 cm³/mol. The summed E-state index contributed by atoms with van der Waals surface area (Å²) in [6.45, 7) is 1.86. The average molecular weight is 154 g/mol. The van der Waals surface area contributed by atoms with Crippen molar-refractivity contribution in [3.63, 3.8) is 0 Å². The van der Waals surface area contributed by atoms with Crippen molar-refractivity contribution in [3.05, 3.63) is 0 Å². The van der Waals surface area contributed by atoms with Gasteiger partial charge in [0.15, 0.2) is 0 Å². The van der Waals surface area contributed by atoms with Gasteiger partial charge in [-0.3, -0.25) is 4.57 Å². The molecule has 1 aliphatic heterocycles. The molecular weight excluding hydrogens is 144 g/mol. The Morgan fingerprint density at radius 2 is 1.88 bits per heavy atom. The van der Waals surface area contributed by atoms with Crippen LogP contribution in [0, 0.1) is 0 Å². The summed E-state index contributed by atoms with van der Waals surface area (Å²) in [4.78, 5) is 0. The summed E-state index contributed by atoms with van der Waals surface area (Å²) >= 11 is 5.36. The fraction of sp³-hybridized carbons (Fsp3) is 1.00. The highest BCUT2D eigenvalue weighted by molar-refractivity contribution is 7.71. The molecule has 0 aromatic rings. The zero-order valence-electron chi connectivity index (χ0n) is 4.56. The van der Waals surface area contributed by atoms with Gasteiger partial charge in [-0.2, -0.15) is 0 Å². The van der Waals surface area contributed by atoms with Gasteiger partial charge in [0.25, 0.3) is 0 Å². The van der Waals surface area contributed by atoms with Crippen LogP contribution in [0.5, 0.6) is 0 Å². The lowest BCUT2D eigenvalue weighted by atomic mass is 10.4. The summed E-state index contributed by atoms with van der Waals surface area (Å²) in [5.41, 5.74) is 0. The summed E-state index contributed by atoms with van der Waals surface area (Å²) in [5.74, 6) is 0. The van der Waals surface area contributed by atoms with E-state index in [1.807, 2.05) is 4.67 Å². The maximum Gasteiger partial charge on any atom is 0.223 e. The zero-order chi connectivity index (χ0) is 5.98. The Labute approximate surface area is 54.4 Å². The fourth-order valence-electron chi connectivity index (χ4n) is 0.893. The van der Waals surface area contributed by atoms with E-state index >= 15 is 0 Å². The summed E-state index contributed by atoms with van der Waals surface area (Å²) in [6, 6.07) is 0. The molecule has 0 aromatic heterocycles.